The number of esters is 7. The topological polar surface area (TPSA) is 256 Å². The van der Waals surface area contributed by atoms with Gasteiger partial charge >= 0.3 is 41.8 Å². The Balaban J connectivity index is 1.86. The number of aliphatic hydroxyl groups excluding tert-OH is 1. The van der Waals surface area contributed by atoms with Gasteiger partial charge in [-0.05, 0) is 30.0 Å². The summed E-state index contributed by atoms with van der Waals surface area (Å²) in [6.07, 6.45) is -8.84. The van der Waals surface area contributed by atoms with E-state index in [1.54, 1.807) is 47.6 Å². The third-order valence-electron chi connectivity index (χ3n) is 13.4. The van der Waals surface area contributed by atoms with E-state index in [1.807, 2.05) is 0 Å². The number of hydrogen-bond acceptors (Lipinski definition) is 19. The molecule has 1 aromatic heterocycles. The van der Waals surface area contributed by atoms with Gasteiger partial charge in [0.25, 0.3) is 6.47 Å². The third-order valence-corrected chi connectivity index (χ3v) is 13.4. The van der Waals surface area contributed by atoms with Gasteiger partial charge in [-0.15, -0.1) is 0 Å². The van der Waals surface area contributed by atoms with Gasteiger partial charge in [-0.2, -0.15) is 0 Å². The molecular weight excluding hydrogens is 832 g/mol. The predicted octanol–water partition coefficient (Wildman–Crippen LogP) is 3.06. The minimum atomic E-state index is -1.90. The van der Waals surface area contributed by atoms with Crippen molar-refractivity contribution in [3.8, 4) is 0 Å². The van der Waals surface area contributed by atoms with E-state index in [0.717, 1.165) is 27.9 Å². The van der Waals surface area contributed by atoms with Gasteiger partial charge in [-0.3, -0.25) is 28.8 Å². The maximum atomic E-state index is 14.1. The Hall–Kier alpha value is -5.30. The van der Waals surface area contributed by atoms with Crippen LogP contribution in [0.2, 0.25) is 0 Å². The van der Waals surface area contributed by atoms with Crippen LogP contribution in [-0.4, -0.2) is 121 Å². The van der Waals surface area contributed by atoms with E-state index in [9.17, 15) is 43.5 Å². The van der Waals surface area contributed by atoms with Crippen molar-refractivity contribution in [1.82, 2.24) is 0 Å². The largest absolute Gasteiger partial charge is 0.472 e. The van der Waals surface area contributed by atoms with Crippen molar-refractivity contribution in [3.63, 3.8) is 0 Å². The number of carbonyl (C=O) groups is 8. The Morgan fingerprint density at radius 3 is 2.11 bits per heavy atom. The van der Waals surface area contributed by atoms with Gasteiger partial charge < -0.3 is 52.2 Å². The van der Waals surface area contributed by atoms with Crippen LogP contribution in [0.5, 0.6) is 0 Å². The van der Waals surface area contributed by atoms with Crippen LogP contribution in [-0.2, 0) is 81.0 Å². The molecule has 19 nitrogen and oxygen atoms in total. The molecule has 4 aliphatic rings. The number of methoxy groups -OCH3 is 1. The molecule has 1 N–H and O–H groups in total. The molecule has 4 fully saturated rings. The maximum absolute atomic E-state index is 14.1. The number of epoxide rings is 1. The van der Waals surface area contributed by atoms with Crippen LogP contribution in [0, 0.1) is 34.5 Å². The average Bonchev–Trinajstić information content (AvgIpc) is 3.67. The van der Waals surface area contributed by atoms with E-state index >= 15 is 0 Å². The highest BCUT2D eigenvalue weighted by molar-refractivity contribution is 5.80. The zero-order chi connectivity index (χ0) is 47.1. The van der Waals surface area contributed by atoms with Crippen LogP contribution in [0.15, 0.2) is 35.2 Å². The standard InChI is InChI=1S/C44H58O19/c1-20(2)33(51)39(52)61-37-35(57-19-45)31(42(10)27(15-29(49)54-12)41(9,18-56-23(6)46)62-30(50)16-28(42)58-24(7)47)22(5)44-38(63-44)36(32(43(37,44)11)26-13-14-55-17-26)60-40(53)34(21(3)4)59-25(8)48/h13-14,17,19-21,27-28,31-38,51H,5,15-16,18H2,1-4,6-12H3/t27?,28-,31+,32+,33+,34+,35+,36+,37-,38+,41+,42+,43+,44+/m0/s1. The number of hydrogen-bond donors (Lipinski definition) is 1. The van der Waals surface area contributed by atoms with E-state index < -0.39 is 156 Å². The van der Waals surface area contributed by atoms with Gasteiger partial charge in [0.05, 0.1) is 37.9 Å². The van der Waals surface area contributed by atoms with Crippen LogP contribution in [0.25, 0.3) is 0 Å². The smallest absolute Gasteiger partial charge is 0.348 e. The highest BCUT2D eigenvalue weighted by atomic mass is 16.7. The van der Waals surface area contributed by atoms with E-state index in [2.05, 4.69) is 6.58 Å². The fourth-order valence-electron chi connectivity index (χ4n) is 10.6. The molecule has 1 unspecified atom stereocenters. The molecule has 0 amide bonds. The van der Waals surface area contributed by atoms with Gasteiger partial charge in [-0.25, -0.2) is 9.59 Å². The minimum absolute atomic E-state index is 0.0961. The lowest BCUT2D eigenvalue weighted by Gasteiger charge is -2.59. The number of cyclic esters (lactones) is 1. The second-order valence-electron chi connectivity index (χ2n) is 18.1. The highest BCUT2D eigenvalue weighted by Gasteiger charge is 2.88. The summed E-state index contributed by atoms with van der Waals surface area (Å²) in [7, 11) is 1.12. The second-order valence-corrected chi connectivity index (χ2v) is 18.1. The van der Waals surface area contributed by atoms with E-state index in [-0.39, 0.29) is 12.0 Å². The molecule has 3 heterocycles. The Bertz CT molecular complexity index is 1970. The normalized spacial score (nSPS) is 35.4. The minimum Gasteiger partial charge on any atom is -0.472 e. The number of aliphatic hydroxyl groups is 1. The Morgan fingerprint density at radius 1 is 0.921 bits per heavy atom. The quantitative estimate of drug-likeness (QED) is 0.0822. The summed E-state index contributed by atoms with van der Waals surface area (Å²) >= 11 is 0. The lowest BCUT2D eigenvalue weighted by molar-refractivity contribution is -0.228. The lowest BCUT2D eigenvalue weighted by Crippen LogP contribution is -2.68. The first-order chi connectivity index (χ1) is 29.4. The highest BCUT2D eigenvalue weighted by Crippen LogP contribution is 2.77. The van der Waals surface area contributed by atoms with Crippen molar-refractivity contribution >= 4 is 48.3 Å². The van der Waals surface area contributed by atoms with Crippen molar-refractivity contribution in [2.75, 3.05) is 13.7 Å². The van der Waals surface area contributed by atoms with Crippen LogP contribution in [0.4, 0.5) is 0 Å². The molecule has 2 aliphatic heterocycles. The summed E-state index contributed by atoms with van der Waals surface area (Å²) in [5.41, 5.74) is -6.60. The van der Waals surface area contributed by atoms with Crippen LogP contribution < -0.4 is 0 Å². The van der Waals surface area contributed by atoms with E-state index in [0.29, 0.717) is 5.56 Å². The first kappa shape index (κ1) is 48.7. The SMILES string of the molecule is C=C1[C@@H]([C@]2(C)C(CC(=O)OC)[C@@](C)(COC(C)=O)OC(=O)C[C@@H]2OC(C)=O)[C@@H](OC=O)[C@H](OC(=O)[C@H](O)C(C)C)[C@@]2(C)[C@H](c3ccoc3)[C@@H](OC(=O)[C@H](OC(C)=O)C(C)C)[C@H]3O[C@]132. The van der Waals surface area contributed by atoms with Gasteiger partial charge in [-0.1, -0.05) is 48.1 Å². The Kier molecular flexibility index (Phi) is 14.0. The van der Waals surface area contributed by atoms with Gasteiger partial charge in [0, 0.05) is 49.9 Å². The van der Waals surface area contributed by atoms with E-state index in [4.69, 9.17) is 47.0 Å². The zero-order valence-electron chi connectivity index (χ0n) is 37.4. The van der Waals surface area contributed by atoms with Crippen molar-refractivity contribution in [2.24, 2.45) is 34.5 Å². The molecule has 14 atom stereocenters. The molecule has 63 heavy (non-hydrogen) atoms. The number of rotatable bonds is 16. The molecule has 2 saturated heterocycles. The Morgan fingerprint density at radius 2 is 1.59 bits per heavy atom. The van der Waals surface area contributed by atoms with Gasteiger partial charge in [0.2, 0.25) is 6.10 Å². The predicted molar refractivity (Wildman–Crippen MR) is 211 cm³/mol. The number of ether oxygens (including phenoxy) is 9. The molecule has 1 aromatic rings. The van der Waals surface area contributed by atoms with E-state index in [1.165, 1.54) is 19.5 Å². The molecule has 2 aliphatic carbocycles. The summed E-state index contributed by atoms with van der Waals surface area (Å²) in [6.45, 7) is 18.5. The zero-order valence-corrected chi connectivity index (χ0v) is 37.4. The summed E-state index contributed by atoms with van der Waals surface area (Å²) in [6, 6.07) is 1.59. The first-order valence-corrected chi connectivity index (χ1v) is 20.7. The summed E-state index contributed by atoms with van der Waals surface area (Å²) in [5, 5.41) is 11.1. The summed E-state index contributed by atoms with van der Waals surface area (Å²) < 4.78 is 58.8. The van der Waals surface area contributed by atoms with Crippen molar-refractivity contribution in [2.45, 2.75) is 142 Å². The fraction of sp³-hybridized carbons (Fsp3) is 0.682. The van der Waals surface area contributed by atoms with Gasteiger partial charge in [0.1, 0.15) is 48.3 Å². The number of furan rings is 1. The summed E-state index contributed by atoms with van der Waals surface area (Å²) in [4.78, 5) is 106. The molecular formula is C44H58O19. The molecule has 1 spiro atoms. The van der Waals surface area contributed by atoms with Gasteiger partial charge in [0.15, 0.2) is 6.10 Å². The first-order valence-electron chi connectivity index (χ1n) is 20.7. The van der Waals surface area contributed by atoms with Crippen LogP contribution >= 0.6 is 0 Å². The molecule has 19 heteroatoms. The van der Waals surface area contributed by atoms with Crippen LogP contribution in [0.3, 0.4) is 0 Å². The fourth-order valence-corrected chi connectivity index (χ4v) is 10.6. The van der Waals surface area contributed by atoms with Crippen LogP contribution in [0.1, 0.15) is 93.6 Å². The molecule has 0 radical (unpaired) electrons. The molecule has 2 saturated carbocycles. The molecule has 0 aromatic carbocycles. The lowest BCUT2D eigenvalue weighted by atomic mass is 9.47. The average molecular weight is 891 g/mol. The molecule has 5 rings (SSSR count). The van der Waals surface area contributed by atoms with Crippen molar-refractivity contribution < 1.29 is 90.5 Å². The summed E-state index contributed by atoms with van der Waals surface area (Å²) in [5.74, 6) is -11.2. The maximum Gasteiger partial charge on any atom is 0.348 e. The third kappa shape index (κ3) is 8.45. The van der Waals surface area contributed by atoms with Crippen molar-refractivity contribution in [3.05, 3.63) is 36.3 Å². The molecule has 0 bridgehead atoms. The van der Waals surface area contributed by atoms with Crippen molar-refractivity contribution in [1.29, 1.82) is 0 Å². The second kappa shape index (κ2) is 18.1. The number of carbonyl (C=O) groups excluding carboxylic acids is 8. The molecule has 348 valence electrons. The Labute approximate surface area is 364 Å². The monoisotopic (exact) mass is 890 g/mol.